The normalized spacial score (nSPS) is 11.7. The summed E-state index contributed by atoms with van der Waals surface area (Å²) in [5.74, 6) is 1.10. The number of carbonyl (C=O) groups excluding carboxylic acids is 2. The largest absolute Gasteiger partial charge is 0.497 e. The van der Waals surface area contributed by atoms with Gasteiger partial charge in [-0.3, -0.25) is 9.59 Å². The number of halogens is 1. The van der Waals surface area contributed by atoms with Crippen molar-refractivity contribution in [2.24, 2.45) is 10.7 Å². The van der Waals surface area contributed by atoms with Gasteiger partial charge in [0, 0.05) is 18.7 Å². The van der Waals surface area contributed by atoms with Gasteiger partial charge in [0.05, 0.1) is 20.2 Å². The summed E-state index contributed by atoms with van der Waals surface area (Å²) in [6, 6.07) is 15.3. The number of nitrogens with two attached hydrogens (primary N) is 1. The summed E-state index contributed by atoms with van der Waals surface area (Å²) in [5.41, 5.74) is 7.76. The third-order valence-electron chi connectivity index (χ3n) is 4.96. The van der Waals surface area contributed by atoms with E-state index in [1.54, 1.807) is 19.2 Å². The molecule has 2 aromatic carbocycles. The number of primary amides is 1. The van der Waals surface area contributed by atoms with Crippen LogP contribution < -0.4 is 26.4 Å². The fourth-order valence-electron chi connectivity index (χ4n) is 3.05. The van der Waals surface area contributed by atoms with Crippen LogP contribution in [0.25, 0.3) is 0 Å². The van der Waals surface area contributed by atoms with Crippen LogP contribution in [-0.4, -0.2) is 44.5 Å². The van der Waals surface area contributed by atoms with E-state index >= 15 is 0 Å². The first-order valence-corrected chi connectivity index (χ1v) is 10.7. The van der Waals surface area contributed by atoms with Gasteiger partial charge in [-0.1, -0.05) is 31.2 Å². The highest BCUT2D eigenvalue weighted by Gasteiger charge is 2.08. The van der Waals surface area contributed by atoms with Gasteiger partial charge >= 0.3 is 0 Å². The predicted octanol–water partition coefficient (Wildman–Crippen LogP) is 2.78. The molecule has 0 saturated heterocycles. The summed E-state index contributed by atoms with van der Waals surface area (Å²) < 4.78 is 5.22. The highest BCUT2D eigenvalue weighted by atomic mass is 127. The lowest BCUT2D eigenvalue weighted by atomic mass is 9.98. The Morgan fingerprint density at radius 3 is 2.27 bits per heavy atom. The molecular formula is C24H34IN5O3. The lowest BCUT2D eigenvalue weighted by molar-refractivity contribution is -0.117. The lowest BCUT2D eigenvalue weighted by Gasteiger charge is -2.15. The van der Waals surface area contributed by atoms with E-state index in [0.29, 0.717) is 18.0 Å². The van der Waals surface area contributed by atoms with Crippen molar-refractivity contribution < 1.29 is 14.3 Å². The molecule has 0 fully saturated rings. The van der Waals surface area contributed by atoms with E-state index < -0.39 is 5.91 Å². The monoisotopic (exact) mass is 567 g/mol. The van der Waals surface area contributed by atoms with Crippen molar-refractivity contribution in [3.63, 3.8) is 0 Å². The summed E-state index contributed by atoms with van der Waals surface area (Å²) in [4.78, 5) is 27.3. The fourth-order valence-corrected chi connectivity index (χ4v) is 3.05. The maximum atomic E-state index is 11.9. The van der Waals surface area contributed by atoms with E-state index in [1.807, 2.05) is 31.2 Å². The van der Waals surface area contributed by atoms with Gasteiger partial charge in [0.1, 0.15) is 5.75 Å². The molecule has 0 bridgehead atoms. The standard InChI is InChI=1S/C24H33N5O3.HI/c1-4-26-24(27-14-13-17(2)19-9-11-21(32-3)12-10-19)29-15-18-5-7-20(8-6-18)23(31)28-16-22(25)30;/h5-12,17H,4,13-16H2,1-3H3,(H2,25,30)(H,28,31)(H2,26,27,29);1H. The zero-order valence-electron chi connectivity index (χ0n) is 19.4. The first kappa shape index (κ1) is 28.2. The average Bonchev–Trinajstić information content (AvgIpc) is 2.81. The minimum atomic E-state index is -0.578. The van der Waals surface area contributed by atoms with Crippen LogP contribution in [0.4, 0.5) is 0 Å². The predicted molar refractivity (Wildman–Crippen MR) is 142 cm³/mol. The summed E-state index contributed by atoms with van der Waals surface area (Å²) in [6.07, 6.45) is 0.964. The van der Waals surface area contributed by atoms with Crippen LogP contribution in [0.1, 0.15) is 47.7 Å². The summed E-state index contributed by atoms with van der Waals surface area (Å²) >= 11 is 0. The summed E-state index contributed by atoms with van der Waals surface area (Å²) in [6.45, 7) is 6.08. The highest BCUT2D eigenvalue weighted by Crippen LogP contribution is 2.21. The number of methoxy groups -OCH3 is 1. The van der Waals surface area contributed by atoms with Gasteiger partial charge in [-0.15, -0.1) is 24.0 Å². The van der Waals surface area contributed by atoms with Gasteiger partial charge in [0.25, 0.3) is 5.91 Å². The molecule has 5 N–H and O–H groups in total. The molecule has 2 rings (SSSR count). The molecule has 180 valence electrons. The Morgan fingerprint density at radius 1 is 1.03 bits per heavy atom. The zero-order valence-corrected chi connectivity index (χ0v) is 21.7. The van der Waals surface area contributed by atoms with Crippen molar-refractivity contribution in [1.29, 1.82) is 0 Å². The molecule has 0 spiro atoms. The van der Waals surface area contributed by atoms with Gasteiger partial charge in [-0.2, -0.15) is 0 Å². The first-order valence-electron chi connectivity index (χ1n) is 10.7. The number of carbonyl (C=O) groups is 2. The van der Waals surface area contributed by atoms with Gasteiger partial charge in [0.2, 0.25) is 5.91 Å². The molecular weight excluding hydrogens is 533 g/mol. The topological polar surface area (TPSA) is 118 Å². The number of rotatable bonds is 11. The van der Waals surface area contributed by atoms with Crippen molar-refractivity contribution in [1.82, 2.24) is 16.0 Å². The van der Waals surface area contributed by atoms with Crippen molar-refractivity contribution in [2.45, 2.75) is 32.7 Å². The number of aliphatic imine (C=N–C) groups is 1. The molecule has 0 heterocycles. The maximum Gasteiger partial charge on any atom is 0.251 e. The molecule has 0 aliphatic heterocycles. The molecule has 2 aromatic rings. The smallest absolute Gasteiger partial charge is 0.251 e. The zero-order chi connectivity index (χ0) is 23.3. The fraction of sp³-hybridized carbons (Fsp3) is 0.375. The number of hydrogen-bond acceptors (Lipinski definition) is 4. The van der Waals surface area contributed by atoms with Crippen LogP contribution in [0.3, 0.4) is 0 Å². The summed E-state index contributed by atoms with van der Waals surface area (Å²) in [5, 5.41) is 9.10. The molecule has 1 atom stereocenters. The number of ether oxygens (including phenoxy) is 1. The number of nitrogens with one attached hydrogen (secondary N) is 3. The van der Waals surface area contributed by atoms with E-state index in [9.17, 15) is 9.59 Å². The third-order valence-corrected chi connectivity index (χ3v) is 4.96. The van der Waals surface area contributed by atoms with E-state index in [4.69, 9.17) is 10.5 Å². The number of benzene rings is 2. The Balaban J connectivity index is 0.00000544. The van der Waals surface area contributed by atoms with E-state index in [2.05, 4.69) is 40.0 Å². The van der Waals surface area contributed by atoms with Crippen LogP contribution in [0.15, 0.2) is 53.5 Å². The lowest BCUT2D eigenvalue weighted by Crippen LogP contribution is -2.38. The Bertz CT molecular complexity index is 901. The highest BCUT2D eigenvalue weighted by molar-refractivity contribution is 14.0. The van der Waals surface area contributed by atoms with Crippen molar-refractivity contribution in [2.75, 3.05) is 26.7 Å². The van der Waals surface area contributed by atoms with Crippen LogP contribution in [-0.2, 0) is 11.3 Å². The van der Waals surface area contributed by atoms with Crippen molar-refractivity contribution >= 4 is 41.8 Å². The second kappa shape index (κ2) is 15.1. The van der Waals surface area contributed by atoms with Gasteiger partial charge in [-0.05, 0) is 54.7 Å². The minimum Gasteiger partial charge on any atom is -0.497 e. The summed E-state index contributed by atoms with van der Waals surface area (Å²) in [7, 11) is 1.67. The van der Waals surface area contributed by atoms with Gasteiger partial charge < -0.3 is 26.4 Å². The van der Waals surface area contributed by atoms with E-state index in [0.717, 1.165) is 36.8 Å². The molecule has 0 saturated carbocycles. The molecule has 0 aromatic heterocycles. The second-order valence-electron chi connectivity index (χ2n) is 7.43. The number of hydrogen-bond donors (Lipinski definition) is 4. The van der Waals surface area contributed by atoms with Crippen LogP contribution >= 0.6 is 24.0 Å². The Hall–Kier alpha value is -2.82. The molecule has 0 aliphatic rings. The maximum absolute atomic E-state index is 11.9. The molecule has 1 unspecified atom stereocenters. The van der Waals surface area contributed by atoms with Gasteiger partial charge in [0.15, 0.2) is 5.96 Å². The Morgan fingerprint density at radius 2 is 1.70 bits per heavy atom. The van der Waals surface area contributed by atoms with Crippen molar-refractivity contribution in [3.8, 4) is 5.75 Å². The van der Waals surface area contributed by atoms with Gasteiger partial charge in [-0.25, -0.2) is 4.99 Å². The minimum absolute atomic E-state index is 0. The SMILES string of the molecule is CCNC(=NCc1ccc(C(=O)NCC(N)=O)cc1)NCCC(C)c1ccc(OC)cc1.I. The second-order valence-corrected chi connectivity index (χ2v) is 7.43. The van der Waals surface area contributed by atoms with Crippen LogP contribution in [0.5, 0.6) is 5.75 Å². The van der Waals surface area contributed by atoms with E-state index in [-0.39, 0.29) is 36.4 Å². The average molecular weight is 567 g/mol. The Labute approximate surface area is 212 Å². The quantitative estimate of drug-likeness (QED) is 0.189. The molecule has 8 nitrogen and oxygen atoms in total. The molecule has 0 aliphatic carbocycles. The third kappa shape index (κ3) is 10.1. The van der Waals surface area contributed by atoms with Crippen LogP contribution in [0, 0.1) is 0 Å². The Kier molecular flexibility index (Phi) is 12.9. The molecule has 9 heteroatoms. The first-order chi connectivity index (χ1) is 15.4. The number of amides is 2. The molecule has 33 heavy (non-hydrogen) atoms. The van der Waals surface area contributed by atoms with Crippen molar-refractivity contribution in [3.05, 3.63) is 65.2 Å². The van der Waals surface area contributed by atoms with Crippen LogP contribution in [0.2, 0.25) is 0 Å². The molecule has 0 radical (unpaired) electrons. The number of nitrogens with zero attached hydrogens (tertiary/aromatic N) is 1. The molecule has 2 amide bonds. The number of guanidine groups is 1. The van der Waals surface area contributed by atoms with E-state index in [1.165, 1.54) is 5.56 Å².